The van der Waals surface area contributed by atoms with Crippen molar-refractivity contribution in [3.05, 3.63) is 50.4 Å². The monoisotopic (exact) mass is 300 g/mol. The molecule has 0 aliphatic heterocycles. The molecule has 2 rings (SSSR count). The minimum atomic E-state index is -0.0174. The van der Waals surface area contributed by atoms with E-state index < -0.39 is 0 Å². The van der Waals surface area contributed by atoms with Crippen LogP contribution < -0.4 is 5.32 Å². The summed E-state index contributed by atoms with van der Waals surface area (Å²) in [5, 5.41) is 7.81. The van der Waals surface area contributed by atoms with Crippen molar-refractivity contribution in [2.24, 2.45) is 0 Å². The van der Waals surface area contributed by atoms with Crippen LogP contribution in [0.2, 0.25) is 10.0 Å². The predicted molar refractivity (Wildman–Crippen MR) is 78.7 cm³/mol. The Kier molecular flexibility index (Phi) is 4.62. The van der Waals surface area contributed by atoms with Crippen LogP contribution in [0.15, 0.2) is 29.8 Å². The van der Waals surface area contributed by atoms with E-state index in [0.29, 0.717) is 16.1 Å². The molecule has 2 nitrogen and oxygen atoms in total. The van der Waals surface area contributed by atoms with Gasteiger partial charge in [-0.1, -0.05) is 23.2 Å². The van der Waals surface area contributed by atoms with E-state index in [2.05, 4.69) is 24.1 Å². The minimum absolute atomic E-state index is 0.0174. The van der Waals surface area contributed by atoms with E-state index in [9.17, 15) is 0 Å². The molecule has 1 aromatic heterocycles. The van der Waals surface area contributed by atoms with Gasteiger partial charge in [0, 0.05) is 27.7 Å². The lowest BCUT2D eigenvalue weighted by molar-refractivity contribution is 0.527. The SMILES string of the molecule is CC(C)NC(c1nccs1)c1cc(Cl)ccc1Cl. The number of nitrogens with zero attached hydrogens (tertiary/aromatic N) is 1. The molecule has 0 spiro atoms. The molecule has 0 fully saturated rings. The summed E-state index contributed by atoms with van der Waals surface area (Å²) in [7, 11) is 0. The lowest BCUT2D eigenvalue weighted by Gasteiger charge is -2.21. The van der Waals surface area contributed by atoms with E-state index in [1.54, 1.807) is 23.6 Å². The van der Waals surface area contributed by atoms with Gasteiger partial charge in [0.15, 0.2) is 0 Å². The summed E-state index contributed by atoms with van der Waals surface area (Å²) in [5.74, 6) is 0. The van der Waals surface area contributed by atoms with Crippen LogP contribution in [-0.2, 0) is 0 Å². The van der Waals surface area contributed by atoms with Crippen molar-refractivity contribution >= 4 is 34.5 Å². The van der Waals surface area contributed by atoms with Gasteiger partial charge in [-0.05, 0) is 37.6 Å². The van der Waals surface area contributed by atoms with Crippen LogP contribution in [0.4, 0.5) is 0 Å². The first-order chi connectivity index (χ1) is 8.58. The molecule has 18 heavy (non-hydrogen) atoms. The molecule has 0 amide bonds. The van der Waals surface area contributed by atoms with Gasteiger partial charge in [0.1, 0.15) is 5.01 Å². The average Bonchev–Trinajstić information content (AvgIpc) is 2.82. The fourth-order valence-corrected chi connectivity index (χ4v) is 2.86. The Morgan fingerprint density at radius 2 is 2.06 bits per heavy atom. The van der Waals surface area contributed by atoms with Crippen molar-refractivity contribution in [1.29, 1.82) is 0 Å². The first kappa shape index (κ1) is 13.8. The normalized spacial score (nSPS) is 12.9. The van der Waals surface area contributed by atoms with Crippen LogP contribution in [0.5, 0.6) is 0 Å². The van der Waals surface area contributed by atoms with Gasteiger partial charge in [-0.25, -0.2) is 4.98 Å². The second-order valence-electron chi connectivity index (χ2n) is 4.29. The van der Waals surface area contributed by atoms with Gasteiger partial charge < -0.3 is 5.32 Å². The molecule has 96 valence electrons. The molecule has 0 saturated heterocycles. The maximum atomic E-state index is 6.27. The third-order valence-electron chi connectivity index (χ3n) is 2.47. The van der Waals surface area contributed by atoms with E-state index in [1.165, 1.54) is 0 Å². The standard InChI is InChI=1S/C13H14Cl2N2S/c1-8(2)17-12(13-16-5-6-18-13)10-7-9(14)3-4-11(10)15/h3-8,12,17H,1-2H3. The first-order valence-corrected chi connectivity index (χ1v) is 7.32. The van der Waals surface area contributed by atoms with Crippen molar-refractivity contribution in [2.45, 2.75) is 25.9 Å². The molecule has 2 aromatic rings. The zero-order valence-electron chi connectivity index (χ0n) is 10.2. The largest absolute Gasteiger partial charge is 0.302 e. The number of thiazole rings is 1. The second kappa shape index (κ2) is 6.02. The maximum Gasteiger partial charge on any atom is 0.114 e. The van der Waals surface area contributed by atoms with E-state index in [0.717, 1.165) is 10.6 Å². The molecule has 0 aliphatic rings. The van der Waals surface area contributed by atoms with Gasteiger partial charge >= 0.3 is 0 Å². The van der Waals surface area contributed by atoms with Crippen LogP contribution in [0.25, 0.3) is 0 Å². The number of hydrogen-bond acceptors (Lipinski definition) is 3. The molecule has 5 heteroatoms. The topological polar surface area (TPSA) is 24.9 Å². The van der Waals surface area contributed by atoms with E-state index in [-0.39, 0.29) is 6.04 Å². The Morgan fingerprint density at radius 1 is 1.28 bits per heavy atom. The Labute approximate surface area is 121 Å². The maximum absolute atomic E-state index is 6.27. The first-order valence-electron chi connectivity index (χ1n) is 5.68. The smallest absolute Gasteiger partial charge is 0.114 e. The summed E-state index contributed by atoms with van der Waals surface area (Å²) in [5.41, 5.74) is 0.966. The molecule has 1 N–H and O–H groups in total. The van der Waals surface area contributed by atoms with Gasteiger partial charge in [0.2, 0.25) is 0 Å². The van der Waals surface area contributed by atoms with Crippen molar-refractivity contribution in [3.8, 4) is 0 Å². The summed E-state index contributed by atoms with van der Waals surface area (Å²) >= 11 is 13.9. The molecule has 0 bridgehead atoms. The molecule has 0 saturated carbocycles. The molecule has 1 aromatic carbocycles. The molecule has 0 aliphatic carbocycles. The van der Waals surface area contributed by atoms with Crippen LogP contribution in [0, 0.1) is 0 Å². The second-order valence-corrected chi connectivity index (χ2v) is 6.06. The highest BCUT2D eigenvalue weighted by atomic mass is 35.5. The quantitative estimate of drug-likeness (QED) is 0.897. The van der Waals surface area contributed by atoms with Gasteiger partial charge in [-0.15, -0.1) is 11.3 Å². The van der Waals surface area contributed by atoms with E-state index in [4.69, 9.17) is 23.2 Å². The van der Waals surface area contributed by atoms with Gasteiger partial charge in [-0.2, -0.15) is 0 Å². The average molecular weight is 301 g/mol. The van der Waals surface area contributed by atoms with Crippen LogP contribution >= 0.6 is 34.5 Å². The molecule has 1 heterocycles. The number of rotatable bonds is 4. The van der Waals surface area contributed by atoms with E-state index in [1.807, 2.05) is 17.5 Å². The number of aromatic nitrogens is 1. The van der Waals surface area contributed by atoms with Crippen molar-refractivity contribution < 1.29 is 0 Å². The van der Waals surface area contributed by atoms with Gasteiger partial charge in [0.05, 0.1) is 6.04 Å². The zero-order chi connectivity index (χ0) is 13.1. The molecular formula is C13H14Cl2N2S. The summed E-state index contributed by atoms with van der Waals surface area (Å²) in [6.45, 7) is 4.19. The highest BCUT2D eigenvalue weighted by Crippen LogP contribution is 2.31. The summed E-state index contributed by atoms with van der Waals surface area (Å²) in [4.78, 5) is 4.37. The Balaban J connectivity index is 2.42. The van der Waals surface area contributed by atoms with Crippen molar-refractivity contribution in [2.75, 3.05) is 0 Å². The minimum Gasteiger partial charge on any atom is -0.302 e. The fourth-order valence-electron chi connectivity index (χ4n) is 1.74. The van der Waals surface area contributed by atoms with Gasteiger partial charge in [-0.3, -0.25) is 0 Å². The summed E-state index contributed by atoms with van der Waals surface area (Å²) < 4.78 is 0. The number of benzene rings is 1. The summed E-state index contributed by atoms with van der Waals surface area (Å²) in [6, 6.07) is 5.82. The molecule has 1 unspecified atom stereocenters. The highest BCUT2D eigenvalue weighted by Gasteiger charge is 2.20. The number of nitrogens with one attached hydrogen (secondary N) is 1. The highest BCUT2D eigenvalue weighted by molar-refractivity contribution is 7.09. The lowest BCUT2D eigenvalue weighted by Crippen LogP contribution is -2.29. The molecule has 1 atom stereocenters. The summed E-state index contributed by atoms with van der Waals surface area (Å²) in [6.07, 6.45) is 1.80. The van der Waals surface area contributed by atoms with Crippen LogP contribution in [0.3, 0.4) is 0 Å². The Bertz CT molecular complexity index is 512. The Hall–Kier alpha value is -0.610. The van der Waals surface area contributed by atoms with Crippen molar-refractivity contribution in [3.63, 3.8) is 0 Å². The van der Waals surface area contributed by atoms with Crippen molar-refractivity contribution in [1.82, 2.24) is 10.3 Å². The number of halogens is 2. The zero-order valence-corrected chi connectivity index (χ0v) is 12.5. The molecular weight excluding hydrogens is 287 g/mol. The van der Waals surface area contributed by atoms with Crippen LogP contribution in [-0.4, -0.2) is 11.0 Å². The predicted octanol–water partition coefficient (Wildman–Crippen LogP) is 4.54. The van der Waals surface area contributed by atoms with Crippen LogP contribution in [0.1, 0.15) is 30.5 Å². The Morgan fingerprint density at radius 3 is 2.67 bits per heavy atom. The lowest BCUT2D eigenvalue weighted by atomic mass is 10.1. The number of hydrogen-bond donors (Lipinski definition) is 1. The molecule has 0 radical (unpaired) electrons. The van der Waals surface area contributed by atoms with E-state index >= 15 is 0 Å². The third kappa shape index (κ3) is 3.23. The fraction of sp³-hybridized carbons (Fsp3) is 0.308. The third-order valence-corrected chi connectivity index (χ3v) is 3.89. The van der Waals surface area contributed by atoms with Gasteiger partial charge in [0.25, 0.3) is 0 Å².